The molecule has 0 aliphatic carbocycles. The highest BCUT2D eigenvalue weighted by molar-refractivity contribution is 5.99. The number of nitrogens with zero attached hydrogens (tertiary/aromatic N) is 2. The third kappa shape index (κ3) is 3.35. The summed E-state index contributed by atoms with van der Waals surface area (Å²) >= 11 is 0. The van der Waals surface area contributed by atoms with Crippen LogP contribution in [0.15, 0.2) is 30.6 Å². The molecule has 1 fully saturated rings. The van der Waals surface area contributed by atoms with Crippen molar-refractivity contribution in [2.45, 2.75) is 31.9 Å². The Balaban J connectivity index is 1.33. The zero-order chi connectivity index (χ0) is 16.4. The lowest BCUT2D eigenvalue weighted by atomic mass is 10.1. The van der Waals surface area contributed by atoms with E-state index in [4.69, 9.17) is 9.47 Å². The number of carbonyl (C=O) groups is 1. The van der Waals surface area contributed by atoms with Gasteiger partial charge in [0.25, 0.3) is 0 Å². The molecule has 0 spiro atoms. The maximum Gasteiger partial charge on any atom is 0.323 e. The van der Waals surface area contributed by atoms with Crippen LogP contribution >= 0.6 is 0 Å². The van der Waals surface area contributed by atoms with E-state index in [0.717, 1.165) is 42.9 Å². The number of amides is 2. The summed E-state index contributed by atoms with van der Waals surface area (Å²) < 4.78 is 12.9. The average Bonchev–Trinajstić information content (AvgIpc) is 3.29. The van der Waals surface area contributed by atoms with Gasteiger partial charge in [-0.15, -0.1) is 0 Å². The minimum absolute atomic E-state index is 0.222. The molecule has 0 bridgehead atoms. The summed E-state index contributed by atoms with van der Waals surface area (Å²) in [7, 11) is 0. The standard InChI is InChI=1S/C17H20N4O3/c22-17(19-13-3-4-16-12(8-13)5-7-24-16)20-14-9-18-21(10-14)11-15-2-1-6-23-15/h3-4,8-10,15H,1-2,5-7,11H2,(H2,19,20,22). The fraction of sp³-hybridized carbons (Fsp3) is 0.412. The second-order valence-electron chi connectivity index (χ2n) is 6.09. The molecule has 0 radical (unpaired) electrons. The van der Waals surface area contributed by atoms with Crippen molar-refractivity contribution in [3.8, 4) is 5.75 Å². The molecule has 2 amide bonds. The van der Waals surface area contributed by atoms with E-state index in [2.05, 4.69) is 15.7 Å². The van der Waals surface area contributed by atoms with Gasteiger partial charge in [0, 0.05) is 24.9 Å². The topological polar surface area (TPSA) is 77.4 Å². The number of aromatic nitrogens is 2. The number of fused-ring (bicyclic) bond motifs is 1. The number of urea groups is 1. The number of hydrogen-bond donors (Lipinski definition) is 2. The van der Waals surface area contributed by atoms with Gasteiger partial charge in [0.15, 0.2) is 0 Å². The Morgan fingerprint density at radius 1 is 1.29 bits per heavy atom. The number of anilines is 2. The smallest absolute Gasteiger partial charge is 0.323 e. The molecule has 2 aliphatic rings. The molecule has 1 unspecified atom stereocenters. The van der Waals surface area contributed by atoms with Crippen molar-refractivity contribution < 1.29 is 14.3 Å². The third-order valence-corrected chi connectivity index (χ3v) is 4.25. The molecule has 2 aromatic rings. The molecule has 1 saturated heterocycles. The summed E-state index contributed by atoms with van der Waals surface area (Å²) in [5.74, 6) is 0.899. The quantitative estimate of drug-likeness (QED) is 0.904. The van der Waals surface area contributed by atoms with E-state index >= 15 is 0 Å². The van der Waals surface area contributed by atoms with Crippen LogP contribution < -0.4 is 15.4 Å². The summed E-state index contributed by atoms with van der Waals surface area (Å²) in [5, 5.41) is 9.90. The molecular weight excluding hydrogens is 308 g/mol. The van der Waals surface area contributed by atoms with Gasteiger partial charge in [0.1, 0.15) is 5.75 Å². The Kier molecular flexibility index (Phi) is 4.08. The van der Waals surface area contributed by atoms with Crippen LogP contribution in [0.5, 0.6) is 5.75 Å². The minimum Gasteiger partial charge on any atom is -0.493 e. The molecular formula is C17H20N4O3. The zero-order valence-corrected chi connectivity index (χ0v) is 13.3. The predicted molar refractivity (Wildman–Crippen MR) is 89.5 cm³/mol. The lowest BCUT2D eigenvalue weighted by Gasteiger charge is -2.09. The van der Waals surface area contributed by atoms with Crippen molar-refractivity contribution >= 4 is 17.4 Å². The van der Waals surface area contributed by atoms with Crippen molar-refractivity contribution in [1.29, 1.82) is 0 Å². The Bertz CT molecular complexity index is 737. The van der Waals surface area contributed by atoms with Crippen LogP contribution in [0.1, 0.15) is 18.4 Å². The van der Waals surface area contributed by atoms with Gasteiger partial charge < -0.3 is 20.1 Å². The molecule has 24 heavy (non-hydrogen) atoms. The van der Waals surface area contributed by atoms with Crippen LogP contribution in [0.25, 0.3) is 0 Å². The van der Waals surface area contributed by atoms with E-state index in [1.54, 1.807) is 10.9 Å². The lowest BCUT2D eigenvalue weighted by molar-refractivity contribution is 0.0940. The second kappa shape index (κ2) is 6.52. The molecule has 7 heteroatoms. The largest absolute Gasteiger partial charge is 0.493 e. The van der Waals surface area contributed by atoms with Crippen LogP contribution in [-0.4, -0.2) is 35.1 Å². The molecule has 7 nitrogen and oxygen atoms in total. The van der Waals surface area contributed by atoms with Gasteiger partial charge in [-0.25, -0.2) is 4.79 Å². The van der Waals surface area contributed by atoms with Gasteiger partial charge in [0.05, 0.1) is 31.1 Å². The van der Waals surface area contributed by atoms with Gasteiger partial charge in [-0.2, -0.15) is 5.10 Å². The van der Waals surface area contributed by atoms with Crippen LogP contribution in [0, 0.1) is 0 Å². The molecule has 1 atom stereocenters. The number of hydrogen-bond acceptors (Lipinski definition) is 4. The second-order valence-corrected chi connectivity index (χ2v) is 6.09. The Hall–Kier alpha value is -2.54. The number of carbonyl (C=O) groups excluding carboxylic acids is 1. The van der Waals surface area contributed by atoms with E-state index in [-0.39, 0.29) is 12.1 Å². The van der Waals surface area contributed by atoms with E-state index < -0.39 is 0 Å². The maximum absolute atomic E-state index is 12.1. The molecule has 126 valence electrons. The Morgan fingerprint density at radius 3 is 3.08 bits per heavy atom. The molecule has 1 aromatic carbocycles. The van der Waals surface area contributed by atoms with E-state index in [9.17, 15) is 4.79 Å². The van der Waals surface area contributed by atoms with E-state index in [1.165, 1.54) is 0 Å². The Morgan fingerprint density at radius 2 is 2.21 bits per heavy atom. The molecule has 3 heterocycles. The van der Waals surface area contributed by atoms with Crippen LogP contribution in [0.3, 0.4) is 0 Å². The van der Waals surface area contributed by atoms with Crippen molar-refractivity contribution in [1.82, 2.24) is 9.78 Å². The molecule has 1 aromatic heterocycles. The van der Waals surface area contributed by atoms with E-state index in [0.29, 0.717) is 18.8 Å². The highest BCUT2D eigenvalue weighted by atomic mass is 16.5. The SMILES string of the molecule is O=C(Nc1ccc2c(c1)CCO2)Nc1cnn(CC2CCCO2)c1. The zero-order valence-electron chi connectivity index (χ0n) is 13.3. The molecule has 2 N–H and O–H groups in total. The third-order valence-electron chi connectivity index (χ3n) is 4.25. The van der Waals surface area contributed by atoms with E-state index in [1.807, 2.05) is 24.4 Å². The van der Waals surface area contributed by atoms with Crippen LogP contribution in [-0.2, 0) is 17.7 Å². The first-order valence-corrected chi connectivity index (χ1v) is 8.24. The number of nitrogens with one attached hydrogen (secondary N) is 2. The summed E-state index contributed by atoms with van der Waals surface area (Å²) in [6.07, 6.45) is 6.72. The number of benzene rings is 1. The maximum atomic E-state index is 12.1. The number of ether oxygens (including phenoxy) is 2. The average molecular weight is 328 g/mol. The van der Waals surface area contributed by atoms with Crippen LogP contribution in [0.2, 0.25) is 0 Å². The first kappa shape index (κ1) is 15.0. The fourth-order valence-electron chi connectivity index (χ4n) is 3.08. The fourth-order valence-corrected chi connectivity index (χ4v) is 3.08. The van der Waals surface area contributed by atoms with Crippen molar-refractivity contribution in [2.24, 2.45) is 0 Å². The summed E-state index contributed by atoms with van der Waals surface area (Å²) in [4.78, 5) is 12.1. The first-order valence-electron chi connectivity index (χ1n) is 8.24. The monoisotopic (exact) mass is 328 g/mol. The molecule has 0 saturated carbocycles. The molecule has 4 rings (SSSR count). The highest BCUT2D eigenvalue weighted by Crippen LogP contribution is 2.27. The highest BCUT2D eigenvalue weighted by Gasteiger charge is 2.17. The van der Waals surface area contributed by atoms with Gasteiger partial charge in [-0.05, 0) is 36.6 Å². The predicted octanol–water partition coefficient (Wildman–Crippen LogP) is 2.64. The number of rotatable bonds is 4. The summed E-state index contributed by atoms with van der Waals surface area (Å²) in [5.41, 5.74) is 2.54. The summed E-state index contributed by atoms with van der Waals surface area (Å²) in [6, 6.07) is 5.39. The van der Waals surface area contributed by atoms with Gasteiger partial charge in [-0.1, -0.05) is 0 Å². The van der Waals surface area contributed by atoms with Crippen LogP contribution in [0.4, 0.5) is 16.2 Å². The van der Waals surface area contributed by atoms with Crippen molar-refractivity contribution in [3.05, 3.63) is 36.2 Å². The molecule has 2 aliphatic heterocycles. The van der Waals surface area contributed by atoms with Gasteiger partial charge in [-0.3, -0.25) is 4.68 Å². The lowest BCUT2D eigenvalue weighted by Crippen LogP contribution is -2.19. The first-order chi connectivity index (χ1) is 11.8. The van der Waals surface area contributed by atoms with Crippen molar-refractivity contribution in [3.63, 3.8) is 0 Å². The van der Waals surface area contributed by atoms with Crippen molar-refractivity contribution in [2.75, 3.05) is 23.8 Å². The van der Waals surface area contributed by atoms with Gasteiger partial charge in [0.2, 0.25) is 0 Å². The van der Waals surface area contributed by atoms with Gasteiger partial charge >= 0.3 is 6.03 Å². The minimum atomic E-state index is -0.287. The normalized spacial score (nSPS) is 18.9. The summed E-state index contributed by atoms with van der Waals surface area (Å²) in [6.45, 7) is 2.24. The Labute approximate surface area is 139 Å².